The van der Waals surface area contributed by atoms with Crippen molar-refractivity contribution < 1.29 is 0 Å². The maximum absolute atomic E-state index is 6.11. The number of aromatic nitrogens is 1. The first kappa shape index (κ1) is 11.9. The van der Waals surface area contributed by atoms with Crippen molar-refractivity contribution in [1.82, 2.24) is 4.98 Å². The van der Waals surface area contributed by atoms with E-state index in [0.717, 1.165) is 48.0 Å². The molecule has 0 unspecified atom stereocenters. The lowest BCUT2D eigenvalue weighted by Gasteiger charge is -2.07. The lowest BCUT2D eigenvalue weighted by Crippen LogP contribution is -1.96. The topological polar surface area (TPSA) is 38.9 Å². The molecule has 2 aromatic rings. The fraction of sp³-hybridized carbons (Fsp3) is 0.400. The predicted octanol–water partition coefficient (Wildman–Crippen LogP) is 3.72. The van der Waals surface area contributed by atoms with E-state index in [1.54, 1.807) is 0 Å². The smallest absolute Gasteiger partial charge is 0.0726 e. The summed E-state index contributed by atoms with van der Waals surface area (Å²) in [6, 6.07) is 8.45. The molecule has 0 aliphatic rings. The van der Waals surface area contributed by atoms with Gasteiger partial charge in [-0.25, -0.2) is 0 Å². The molecule has 0 fully saturated rings. The number of aryl methyl sites for hydroxylation is 2. The van der Waals surface area contributed by atoms with E-state index in [-0.39, 0.29) is 0 Å². The number of pyridine rings is 1. The molecule has 0 saturated carbocycles. The largest absolute Gasteiger partial charge is 0.398 e. The number of fused-ring (bicyclic) bond motifs is 1. The number of rotatable bonds is 4. The van der Waals surface area contributed by atoms with E-state index in [1.807, 2.05) is 6.07 Å². The number of hydrogen-bond donors (Lipinski definition) is 1. The zero-order valence-corrected chi connectivity index (χ0v) is 10.7. The van der Waals surface area contributed by atoms with Crippen LogP contribution in [0.1, 0.15) is 37.9 Å². The number of hydrogen-bond acceptors (Lipinski definition) is 2. The van der Waals surface area contributed by atoms with Gasteiger partial charge in [0.15, 0.2) is 0 Å². The van der Waals surface area contributed by atoms with Gasteiger partial charge in [-0.2, -0.15) is 0 Å². The Hall–Kier alpha value is -1.57. The molecule has 1 aromatic heterocycles. The number of benzene rings is 1. The second kappa shape index (κ2) is 5.17. The first-order valence-corrected chi connectivity index (χ1v) is 6.42. The minimum absolute atomic E-state index is 0.858. The van der Waals surface area contributed by atoms with E-state index in [9.17, 15) is 0 Å². The molecule has 2 heteroatoms. The van der Waals surface area contributed by atoms with Gasteiger partial charge in [0.05, 0.1) is 5.52 Å². The normalized spacial score (nSPS) is 10.9. The van der Waals surface area contributed by atoms with E-state index in [1.165, 1.54) is 5.56 Å². The third kappa shape index (κ3) is 2.57. The van der Waals surface area contributed by atoms with Crippen LogP contribution in [0.4, 0.5) is 5.69 Å². The fourth-order valence-corrected chi connectivity index (χ4v) is 2.18. The van der Waals surface area contributed by atoms with Crippen LogP contribution in [0.15, 0.2) is 24.3 Å². The van der Waals surface area contributed by atoms with Crippen molar-refractivity contribution in [3.8, 4) is 0 Å². The van der Waals surface area contributed by atoms with Crippen molar-refractivity contribution in [2.45, 2.75) is 39.5 Å². The summed E-state index contributed by atoms with van der Waals surface area (Å²) in [5.41, 5.74) is 10.4. The van der Waals surface area contributed by atoms with Crippen molar-refractivity contribution in [1.29, 1.82) is 0 Å². The average Bonchev–Trinajstić information content (AvgIpc) is 2.31. The molecule has 0 saturated heterocycles. The lowest BCUT2D eigenvalue weighted by molar-refractivity contribution is 0.890. The summed E-state index contributed by atoms with van der Waals surface area (Å²) in [6.07, 6.45) is 4.36. The number of nitrogens with two attached hydrogens (primary N) is 1. The second-order valence-corrected chi connectivity index (χ2v) is 4.55. The van der Waals surface area contributed by atoms with Gasteiger partial charge < -0.3 is 5.73 Å². The van der Waals surface area contributed by atoms with E-state index >= 15 is 0 Å². The van der Waals surface area contributed by atoms with Gasteiger partial charge in [-0.05, 0) is 36.6 Å². The van der Waals surface area contributed by atoms with Crippen LogP contribution in [-0.2, 0) is 12.8 Å². The monoisotopic (exact) mass is 228 g/mol. The SMILES string of the molecule is CCCc1ccc2nc(CCC)cc(N)c2c1. The van der Waals surface area contributed by atoms with Crippen LogP contribution < -0.4 is 5.73 Å². The van der Waals surface area contributed by atoms with Crippen LogP contribution in [0.5, 0.6) is 0 Å². The Morgan fingerprint density at radius 3 is 2.53 bits per heavy atom. The van der Waals surface area contributed by atoms with E-state index in [4.69, 9.17) is 5.73 Å². The van der Waals surface area contributed by atoms with E-state index in [0.29, 0.717) is 0 Å². The zero-order chi connectivity index (χ0) is 12.3. The lowest BCUT2D eigenvalue weighted by atomic mass is 10.0. The molecule has 0 atom stereocenters. The highest BCUT2D eigenvalue weighted by Gasteiger charge is 2.04. The van der Waals surface area contributed by atoms with Gasteiger partial charge in [-0.1, -0.05) is 32.8 Å². The molecule has 0 aliphatic carbocycles. The molecule has 1 aromatic carbocycles. The third-order valence-corrected chi connectivity index (χ3v) is 3.00. The van der Waals surface area contributed by atoms with Gasteiger partial charge in [0.1, 0.15) is 0 Å². The highest BCUT2D eigenvalue weighted by Crippen LogP contribution is 2.23. The summed E-state index contributed by atoms with van der Waals surface area (Å²) >= 11 is 0. The van der Waals surface area contributed by atoms with Gasteiger partial charge in [0, 0.05) is 16.8 Å². The van der Waals surface area contributed by atoms with Crippen molar-refractivity contribution in [3.05, 3.63) is 35.5 Å². The number of anilines is 1. The number of nitrogen functional groups attached to an aromatic ring is 1. The fourth-order valence-electron chi connectivity index (χ4n) is 2.18. The zero-order valence-electron chi connectivity index (χ0n) is 10.7. The molecular formula is C15H20N2. The third-order valence-electron chi connectivity index (χ3n) is 3.00. The van der Waals surface area contributed by atoms with Crippen LogP contribution in [0.3, 0.4) is 0 Å². The highest BCUT2D eigenvalue weighted by molar-refractivity contribution is 5.90. The number of nitrogens with zero attached hydrogens (tertiary/aromatic N) is 1. The second-order valence-electron chi connectivity index (χ2n) is 4.55. The van der Waals surface area contributed by atoms with E-state index in [2.05, 4.69) is 37.0 Å². The van der Waals surface area contributed by atoms with Crippen LogP contribution in [0.2, 0.25) is 0 Å². The first-order chi connectivity index (χ1) is 8.24. The molecule has 1 heterocycles. The van der Waals surface area contributed by atoms with Crippen LogP contribution >= 0.6 is 0 Å². The summed E-state index contributed by atoms with van der Waals surface area (Å²) in [6.45, 7) is 4.35. The summed E-state index contributed by atoms with van der Waals surface area (Å²) in [5, 5.41) is 1.09. The van der Waals surface area contributed by atoms with Crippen molar-refractivity contribution in [2.24, 2.45) is 0 Å². The minimum atomic E-state index is 0.858. The Balaban J connectivity index is 2.48. The van der Waals surface area contributed by atoms with Gasteiger partial charge in [-0.3, -0.25) is 4.98 Å². The summed E-state index contributed by atoms with van der Waals surface area (Å²) in [7, 11) is 0. The van der Waals surface area contributed by atoms with Crippen LogP contribution in [-0.4, -0.2) is 4.98 Å². The maximum atomic E-state index is 6.11. The maximum Gasteiger partial charge on any atom is 0.0726 e. The molecule has 0 spiro atoms. The molecule has 0 bridgehead atoms. The molecule has 17 heavy (non-hydrogen) atoms. The highest BCUT2D eigenvalue weighted by atomic mass is 14.7. The van der Waals surface area contributed by atoms with Gasteiger partial charge in [0.25, 0.3) is 0 Å². The molecule has 2 N–H and O–H groups in total. The molecule has 0 amide bonds. The Morgan fingerprint density at radius 1 is 1.06 bits per heavy atom. The molecule has 2 nitrogen and oxygen atoms in total. The average molecular weight is 228 g/mol. The van der Waals surface area contributed by atoms with E-state index < -0.39 is 0 Å². The quantitative estimate of drug-likeness (QED) is 0.866. The standard InChI is InChI=1S/C15H20N2/c1-3-5-11-7-8-15-13(9-11)14(16)10-12(17-15)6-4-2/h7-10H,3-6H2,1-2H3,(H2,16,17). The van der Waals surface area contributed by atoms with Crippen molar-refractivity contribution >= 4 is 16.6 Å². The van der Waals surface area contributed by atoms with Gasteiger partial charge in [-0.15, -0.1) is 0 Å². The minimum Gasteiger partial charge on any atom is -0.398 e. The summed E-state index contributed by atoms with van der Waals surface area (Å²) < 4.78 is 0. The Morgan fingerprint density at radius 2 is 1.82 bits per heavy atom. The van der Waals surface area contributed by atoms with Crippen molar-refractivity contribution in [3.63, 3.8) is 0 Å². The molecule has 0 radical (unpaired) electrons. The first-order valence-electron chi connectivity index (χ1n) is 6.42. The summed E-state index contributed by atoms with van der Waals surface area (Å²) in [4.78, 5) is 4.65. The molecule has 90 valence electrons. The van der Waals surface area contributed by atoms with Gasteiger partial charge in [0.2, 0.25) is 0 Å². The molecule has 2 rings (SSSR count). The van der Waals surface area contributed by atoms with Crippen LogP contribution in [0.25, 0.3) is 10.9 Å². The molecular weight excluding hydrogens is 208 g/mol. The van der Waals surface area contributed by atoms with Gasteiger partial charge >= 0.3 is 0 Å². The van der Waals surface area contributed by atoms with Crippen LogP contribution in [0, 0.1) is 0 Å². The predicted molar refractivity (Wildman–Crippen MR) is 74.1 cm³/mol. The summed E-state index contributed by atoms with van der Waals surface area (Å²) in [5.74, 6) is 0. The molecule has 0 aliphatic heterocycles. The van der Waals surface area contributed by atoms with Crippen molar-refractivity contribution in [2.75, 3.05) is 5.73 Å². The Bertz CT molecular complexity index is 518. The Labute approximate surface area is 103 Å². The Kier molecular flexibility index (Phi) is 3.62.